The number of fused-ring (bicyclic) bond motifs is 1. The lowest BCUT2D eigenvalue weighted by atomic mass is 10.00. The molecule has 0 amide bonds. The Kier molecular flexibility index (Phi) is 7.92. The summed E-state index contributed by atoms with van der Waals surface area (Å²) in [6.07, 6.45) is 0.350. The number of nitro groups is 1. The highest BCUT2D eigenvalue weighted by atomic mass is 16.6. The normalized spacial score (nSPS) is 11.9. The van der Waals surface area contributed by atoms with Crippen molar-refractivity contribution >= 4 is 22.4 Å². The van der Waals surface area contributed by atoms with E-state index in [1.54, 1.807) is 13.0 Å². The first kappa shape index (κ1) is 25.5. The van der Waals surface area contributed by atoms with Crippen LogP contribution in [0.25, 0.3) is 11.0 Å². The second-order valence-corrected chi connectivity index (χ2v) is 7.74. The Bertz CT molecular complexity index is 1310. The van der Waals surface area contributed by atoms with E-state index in [2.05, 4.69) is 0 Å². The third-order valence-electron chi connectivity index (χ3n) is 5.25. The van der Waals surface area contributed by atoms with Crippen molar-refractivity contribution in [2.75, 3.05) is 13.2 Å². The summed E-state index contributed by atoms with van der Waals surface area (Å²) in [6.45, 7) is 3.24. The number of nitrogens with zero attached hydrogens (tertiary/aromatic N) is 1. The van der Waals surface area contributed by atoms with Crippen molar-refractivity contribution in [3.05, 3.63) is 62.0 Å². The third-order valence-corrected chi connectivity index (χ3v) is 5.25. The Morgan fingerprint density at radius 2 is 1.83 bits per heavy atom. The van der Waals surface area contributed by atoms with Crippen LogP contribution >= 0.6 is 0 Å². The van der Waals surface area contributed by atoms with Gasteiger partial charge in [0.15, 0.2) is 5.78 Å². The molecule has 0 radical (unpaired) electrons. The summed E-state index contributed by atoms with van der Waals surface area (Å²) in [5.74, 6) is -0.587. The number of ether oxygens (including phenoxy) is 2. The maximum absolute atomic E-state index is 12.0. The summed E-state index contributed by atoms with van der Waals surface area (Å²) in [7, 11) is 0. The van der Waals surface area contributed by atoms with Crippen LogP contribution in [-0.4, -0.2) is 45.3 Å². The van der Waals surface area contributed by atoms with Crippen LogP contribution in [0.5, 0.6) is 23.0 Å². The predicted octanol–water partition coefficient (Wildman–Crippen LogP) is 3.48. The number of phenolic OH excluding ortho intramolecular Hbond substituents is 1. The van der Waals surface area contributed by atoms with Crippen LogP contribution in [0.15, 0.2) is 39.5 Å². The number of benzene rings is 2. The van der Waals surface area contributed by atoms with Crippen LogP contribution in [0.1, 0.15) is 42.6 Å². The Balaban J connectivity index is 1.69. The van der Waals surface area contributed by atoms with Crippen molar-refractivity contribution in [1.82, 2.24) is 0 Å². The second-order valence-electron chi connectivity index (χ2n) is 7.74. The first-order valence-electron chi connectivity index (χ1n) is 10.9. The highest BCUT2D eigenvalue weighted by molar-refractivity contribution is 5.99. The van der Waals surface area contributed by atoms with Gasteiger partial charge in [-0.2, -0.15) is 0 Å². The van der Waals surface area contributed by atoms with Crippen LogP contribution in [0.2, 0.25) is 0 Å². The lowest BCUT2D eigenvalue weighted by Gasteiger charge is -2.17. The fraction of sp³-hybridized carbons (Fsp3) is 0.333. The molecule has 2 aromatic carbocycles. The number of carbonyl (C=O) groups excluding carboxylic acids is 1. The minimum Gasteiger partial charge on any atom is -0.507 e. The molecule has 11 nitrogen and oxygen atoms in total. The Labute approximate surface area is 199 Å². The van der Waals surface area contributed by atoms with Gasteiger partial charge in [-0.3, -0.25) is 14.9 Å². The second kappa shape index (κ2) is 10.9. The molecule has 3 N–H and O–H groups in total. The van der Waals surface area contributed by atoms with E-state index in [4.69, 9.17) is 13.9 Å². The zero-order chi connectivity index (χ0) is 25.7. The van der Waals surface area contributed by atoms with E-state index in [1.165, 1.54) is 24.3 Å². The van der Waals surface area contributed by atoms with Gasteiger partial charge >= 0.3 is 11.3 Å². The Morgan fingerprint density at radius 3 is 2.49 bits per heavy atom. The highest BCUT2D eigenvalue weighted by Crippen LogP contribution is 2.34. The molecule has 0 spiro atoms. The molecule has 0 saturated heterocycles. The Morgan fingerprint density at radius 1 is 1.11 bits per heavy atom. The number of hydrogen-bond acceptors (Lipinski definition) is 10. The molecule has 0 aliphatic heterocycles. The molecule has 35 heavy (non-hydrogen) atoms. The minimum absolute atomic E-state index is 0.0409. The number of aromatic hydroxyl groups is 2. The van der Waals surface area contributed by atoms with Crippen LogP contribution < -0.4 is 15.1 Å². The smallest absolute Gasteiger partial charge is 0.419 e. The number of hydrogen-bond donors (Lipinski definition) is 3. The summed E-state index contributed by atoms with van der Waals surface area (Å²) in [4.78, 5) is 33.7. The molecule has 0 aliphatic carbocycles. The summed E-state index contributed by atoms with van der Waals surface area (Å²) in [6, 6.07) is 7.01. The lowest BCUT2D eigenvalue weighted by Crippen LogP contribution is -2.25. The van der Waals surface area contributed by atoms with Gasteiger partial charge < -0.3 is 29.2 Å². The fourth-order valence-corrected chi connectivity index (χ4v) is 3.49. The number of aliphatic hydroxyl groups excluding tert-OH is 1. The van der Waals surface area contributed by atoms with Gasteiger partial charge in [0.2, 0.25) is 5.75 Å². The highest BCUT2D eigenvalue weighted by Gasteiger charge is 2.24. The topological polar surface area (TPSA) is 170 Å². The van der Waals surface area contributed by atoms with Crippen LogP contribution in [0.4, 0.5) is 5.69 Å². The van der Waals surface area contributed by atoms with Crippen molar-refractivity contribution in [1.29, 1.82) is 0 Å². The minimum atomic E-state index is -1.30. The molecular weight excluding hydrogens is 462 g/mol. The van der Waals surface area contributed by atoms with Crippen LogP contribution in [0.3, 0.4) is 0 Å². The van der Waals surface area contributed by atoms with Gasteiger partial charge in [-0.05, 0) is 30.7 Å². The standard InChI is InChI=1S/C24H25NO10/c1-3-5-16-19(9-8-15(22(16)28)18(27)4-2)34-12-13(26)11-33-14-6-7-17-20(10-14)35-24(30)21(23(17)29)25(31)32/h6-10,13,26,28-29H,3-5,11-12H2,1-2H3. The average Bonchev–Trinajstić information content (AvgIpc) is 2.82. The summed E-state index contributed by atoms with van der Waals surface area (Å²) < 4.78 is 16.1. The quantitative estimate of drug-likeness (QED) is 0.157. The first-order valence-corrected chi connectivity index (χ1v) is 10.9. The molecule has 1 heterocycles. The van der Waals surface area contributed by atoms with E-state index in [0.29, 0.717) is 24.2 Å². The van der Waals surface area contributed by atoms with Gasteiger partial charge in [0, 0.05) is 18.1 Å². The summed E-state index contributed by atoms with van der Waals surface area (Å²) in [5.41, 5.74) is -1.77. The Hall–Kier alpha value is -4.12. The molecule has 0 saturated carbocycles. The molecule has 0 bridgehead atoms. The largest absolute Gasteiger partial charge is 0.507 e. The number of aliphatic hydroxyl groups is 1. The summed E-state index contributed by atoms with van der Waals surface area (Å²) in [5, 5.41) is 41.7. The third kappa shape index (κ3) is 5.52. The lowest BCUT2D eigenvalue weighted by molar-refractivity contribution is -0.388. The monoisotopic (exact) mass is 487 g/mol. The van der Waals surface area contributed by atoms with Crippen molar-refractivity contribution in [3.63, 3.8) is 0 Å². The maximum Gasteiger partial charge on any atom is 0.419 e. The number of ketones is 1. The number of phenols is 1. The molecule has 3 aromatic rings. The van der Waals surface area contributed by atoms with E-state index >= 15 is 0 Å². The SMILES string of the molecule is CCCc1c(OCC(O)COc2ccc3c(O)c([N+](=O)[O-])c(=O)oc3c2)ccc(C(=O)CC)c1O. The fourth-order valence-electron chi connectivity index (χ4n) is 3.49. The van der Waals surface area contributed by atoms with Gasteiger partial charge in [-0.15, -0.1) is 0 Å². The molecule has 1 atom stereocenters. The molecule has 1 unspecified atom stereocenters. The maximum atomic E-state index is 12.0. The molecule has 186 valence electrons. The summed E-state index contributed by atoms with van der Waals surface area (Å²) >= 11 is 0. The number of Topliss-reactive ketones (excluding diaryl/α,β-unsaturated/α-hetero) is 1. The number of carbonyl (C=O) groups is 1. The molecule has 3 rings (SSSR count). The van der Waals surface area contributed by atoms with Gasteiger partial charge in [-0.1, -0.05) is 20.3 Å². The van der Waals surface area contributed by atoms with Gasteiger partial charge in [0.1, 0.15) is 42.1 Å². The first-order chi connectivity index (χ1) is 16.7. The van der Waals surface area contributed by atoms with Crippen molar-refractivity contribution in [2.45, 2.75) is 39.2 Å². The van der Waals surface area contributed by atoms with Crippen molar-refractivity contribution < 1.29 is 38.9 Å². The van der Waals surface area contributed by atoms with Gasteiger partial charge in [-0.25, -0.2) is 4.79 Å². The zero-order valence-electron chi connectivity index (χ0n) is 19.1. The van der Waals surface area contributed by atoms with Crippen molar-refractivity contribution in [3.8, 4) is 23.0 Å². The van der Waals surface area contributed by atoms with Crippen LogP contribution in [-0.2, 0) is 6.42 Å². The molecule has 11 heteroatoms. The van der Waals surface area contributed by atoms with E-state index in [1.807, 2.05) is 6.92 Å². The van der Waals surface area contributed by atoms with Crippen molar-refractivity contribution in [2.24, 2.45) is 0 Å². The molecule has 0 fully saturated rings. The average molecular weight is 487 g/mol. The van der Waals surface area contributed by atoms with E-state index in [9.17, 15) is 35.0 Å². The van der Waals surface area contributed by atoms with E-state index < -0.39 is 28.1 Å². The van der Waals surface area contributed by atoms with Gasteiger partial charge in [0.25, 0.3) is 0 Å². The zero-order valence-corrected chi connectivity index (χ0v) is 19.1. The number of rotatable bonds is 11. The van der Waals surface area contributed by atoms with Gasteiger partial charge in [0.05, 0.1) is 15.9 Å². The van der Waals surface area contributed by atoms with E-state index in [-0.39, 0.29) is 53.4 Å². The molecule has 1 aromatic heterocycles. The predicted molar refractivity (Wildman–Crippen MR) is 125 cm³/mol. The van der Waals surface area contributed by atoms with Crippen LogP contribution in [0, 0.1) is 10.1 Å². The van der Waals surface area contributed by atoms with E-state index in [0.717, 1.165) is 0 Å². The molecule has 0 aliphatic rings. The molecular formula is C24H25NO10.